The lowest BCUT2D eigenvalue weighted by molar-refractivity contribution is 0.0507. The quantitative estimate of drug-likeness (QED) is 0.833. The van der Waals surface area contributed by atoms with E-state index in [9.17, 15) is 9.18 Å². The molecule has 0 atom stereocenters. The lowest BCUT2D eigenvalue weighted by atomic mass is 10.1. The van der Waals surface area contributed by atoms with Crippen molar-refractivity contribution in [3.8, 4) is 5.88 Å². The molecule has 1 saturated heterocycles. The van der Waals surface area contributed by atoms with Crippen LogP contribution in [0.4, 0.5) is 20.7 Å². The molecule has 7 nitrogen and oxygen atoms in total. The monoisotopic (exact) mass is 388 g/mol. The number of anilines is 2. The molecule has 28 heavy (non-hydrogen) atoms. The van der Waals surface area contributed by atoms with Crippen LogP contribution in [0, 0.1) is 12.7 Å². The Morgan fingerprint density at radius 3 is 2.71 bits per heavy atom. The average molecular weight is 388 g/mol. The van der Waals surface area contributed by atoms with Crippen LogP contribution in [0.25, 0.3) is 0 Å². The van der Waals surface area contributed by atoms with Crippen molar-refractivity contribution in [2.45, 2.75) is 45.8 Å². The zero-order valence-corrected chi connectivity index (χ0v) is 16.3. The van der Waals surface area contributed by atoms with E-state index >= 15 is 0 Å². The highest BCUT2D eigenvalue weighted by Crippen LogP contribution is 2.23. The zero-order chi connectivity index (χ0) is 20.1. The third-order valence-electron chi connectivity index (χ3n) is 4.35. The Bertz CT molecular complexity index is 823. The first-order valence-corrected chi connectivity index (χ1v) is 9.38. The third kappa shape index (κ3) is 5.31. The summed E-state index contributed by atoms with van der Waals surface area (Å²) >= 11 is 0. The summed E-state index contributed by atoms with van der Waals surface area (Å²) in [7, 11) is 0. The van der Waals surface area contributed by atoms with Crippen LogP contribution in [0.5, 0.6) is 5.88 Å². The second-order valence-corrected chi connectivity index (χ2v) is 7.09. The van der Waals surface area contributed by atoms with Crippen molar-refractivity contribution >= 4 is 17.6 Å². The number of aromatic nitrogens is 2. The SMILES string of the molecule is Cc1ccc(F)c(Nc2cc(OC3CCN(C(=O)OC(C)C)CC3)ncn2)c1. The number of halogens is 1. The largest absolute Gasteiger partial charge is 0.474 e. The second kappa shape index (κ2) is 8.86. The fraction of sp³-hybridized carbons (Fsp3) is 0.450. The molecule has 0 spiro atoms. The lowest BCUT2D eigenvalue weighted by Gasteiger charge is -2.31. The standard InChI is InChI=1S/C20H25FN4O3/c1-13(2)27-20(26)25-8-6-15(7-9-25)28-19-11-18(22-12-23-19)24-17-10-14(3)4-5-16(17)21/h4-5,10-13,15H,6-9H2,1-3H3,(H,22,23,24). The number of hydrogen-bond donors (Lipinski definition) is 1. The van der Waals surface area contributed by atoms with Gasteiger partial charge in [0.25, 0.3) is 0 Å². The van der Waals surface area contributed by atoms with E-state index in [-0.39, 0.29) is 24.1 Å². The minimum Gasteiger partial charge on any atom is -0.474 e. The van der Waals surface area contributed by atoms with Gasteiger partial charge in [-0.15, -0.1) is 0 Å². The Morgan fingerprint density at radius 1 is 1.25 bits per heavy atom. The van der Waals surface area contributed by atoms with E-state index in [1.54, 1.807) is 23.1 Å². The highest BCUT2D eigenvalue weighted by Gasteiger charge is 2.25. The van der Waals surface area contributed by atoms with Crippen molar-refractivity contribution < 1.29 is 18.7 Å². The van der Waals surface area contributed by atoms with Crippen LogP contribution in [-0.2, 0) is 4.74 Å². The maximum atomic E-state index is 13.9. The first-order valence-electron chi connectivity index (χ1n) is 9.38. The van der Waals surface area contributed by atoms with Crippen LogP contribution in [0.1, 0.15) is 32.3 Å². The van der Waals surface area contributed by atoms with Gasteiger partial charge in [0.05, 0.1) is 11.8 Å². The number of nitrogens with one attached hydrogen (secondary N) is 1. The Balaban J connectivity index is 1.57. The molecular weight excluding hydrogens is 363 g/mol. The number of ether oxygens (including phenoxy) is 2. The van der Waals surface area contributed by atoms with Crippen molar-refractivity contribution in [1.82, 2.24) is 14.9 Å². The molecule has 1 amide bonds. The number of nitrogens with zero attached hydrogens (tertiary/aromatic N) is 3. The van der Waals surface area contributed by atoms with Crippen molar-refractivity contribution in [2.24, 2.45) is 0 Å². The molecule has 150 valence electrons. The minimum atomic E-state index is -0.354. The average Bonchev–Trinajstić information content (AvgIpc) is 2.65. The minimum absolute atomic E-state index is 0.0541. The number of rotatable bonds is 5. The normalized spacial score (nSPS) is 14.8. The van der Waals surface area contributed by atoms with Crippen LogP contribution in [0.2, 0.25) is 0 Å². The summed E-state index contributed by atoms with van der Waals surface area (Å²) in [4.78, 5) is 21.9. The molecule has 1 aliphatic heterocycles. The van der Waals surface area contributed by atoms with Gasteiger partial charge >= 0.3 is 6.09 Å². The first kappa shape index (κ1) is 19.9. The lowest BCUT2D eigenvalue weighted by Crippen LogP contribution is -2.42. The van der Waals surface area contributed by atoms with Gasteiger partial charge in [-0.25, -0.2) is 19.2 Å². The van der Waals surface area contributed by atoms with Crippen molar-refractivity contribution in [2.75, 3.05) is 18.4 Å². The summed E-state index contributed by atoms with van der Waals surface area (Å²) in [6.45, 7) is 6.69. The maximum Gasteiger partial charge on any atom is 0.410 e. The number of carbonyl (C=O) groups is 1. The predicted molar refractivity (Wildman–Crippen MR) is 103 cm³/mol. The number of piperidine rings is 1. The summed E-state index contributed by atoms with van der Waals surface area (Å²) < 4.78 is 25.1. The molecule has 0 saturated carbocycles. The summed E-state index contributed by atoms with van der Waals surface area (Å²) in [5.74, 6) is 0.508. The van der Waals surface area contributed by atoms with Gasteiger partial charge in [-0.3, -0.25) is 0 Å². The number of carbonyl (C=O) groups excluding carboxylic acids is 1. The van der Waals surface area contributed by atoms with E-state index in [4.69, 9.17) is 9.47 Å². The van der Waals surface area contributed by atoms with Gasteiger partial charge in [0.15, 0.2) is 0 Å². The molecule has 1 N–H and O–H groups in total. The van der Waals surface area contributed by atoms with Crippen molar-refractivity contribution in [3.63, 3.8) is 0 Å². The zero-order valence-electron chi connectivity index (χ0n) is 16.3. The number of hydrogen-bond acceptors (Lipinski definition) is 6. The van der Waals surface area contributed by atoms with E-state index in [1.807, 2.05) is 20.8 Å². The van der Waals surface area contributed by atoms with Gasteiger partial charge in [0, 0.05) is 32.0 Å². The molecule has 0 unspecified atom stereocenters. The van der Waals surface area contributed by atoms with Gasteiger partial charge < -0.3 is 19.7 Å². The Kier molecular flexibility index (Phi) is 6.28. The highest BCUT2D eigenvalue weighted by atomic mass is 19.1. The van der Waals surface area contributed by atoms with Crippen LogP contribution >= 0.6 is 0 Å². The fourth-order valence-corrected chi connectivity index (χ4v) is 2.95. The molecule has 0 bridgehead atoms. The van der Waals surface area contributed by atoms with Crippen LogP contribution in [0.15, 0.2) is 30.6 Å². The summed E-state index contributed by atoms with van der Waals surface area (Å²) in [5.41, 5.74) is 1.29. The molecule has 8 heteroatoms. The summed E-state index contributed by atoms with van der Waals surface area (Å²) in [6.07, 6.45) is 2.27. The molecule has 1 aromatic carbocycles. The molecule has 0 aliphatic carbocycles. The van der Waals surface area contributed by atoms with Gasteiger partial charge in [0.1, 0.15) is 24.1 Å². The molecule has 0 radical (unpaired) electrons. The van der Waals surface area contributed by atoms with Crippen LogP contribution < -0.4 is 10.1 Å². The van der Waals surface area contributed by atoms with Gasteiger partial charge in [-0.1, -0.05) is 6.07 Å². The molecule has 1 fully saturated rings. The molecule has 2 heterocycles. The van der Waals surface area contributed by atoms with E-state index < -0.39 is 0 Å². The smallest absolute Gasteiger partial charge is 0.410 e. The summed E-state index contributed by atoms with van der Waals surface area (Å²) in [5, 5.41) is 2.96. The van der Waals surface area contributed by atoms with Gasteiger partial charge in [-0.2, -0.15) is 0 Å². The van der Waals surface area contributed by atoms with Gasteiger partial charge in [-0.05, 0) is 38.5 Å². The van der Waals surface area contributed by atoms with Crippen LogP contribution in [-0.4, -0.2) is 46.3 Å². The predicted octanol–water partition coefficient (Wildman–Crippen LogP) is 4.06. The molecule has 1 aromatic heterocycles. The van der Waals surface area contributed by atoms with E-state index in [1.165, 1.54) is 12.4 Å². The topological polar surface area (TPSA) is 76.6 Å². The molecule has 3 rings (SSSR count). The number of aryl methyl sites for hydroxylation is 1. The maximum absolute atomic E-state index is 13.9. The van der Waals surface area contributed by atoms with E-state index in [0.717, 1.165) is 5.56 Å². The van der Waals surface area contributed by atoms with Crippen molar-refractivity contribution in [3.05, 3.63) is 42.0 Å². The van der Waals surface area contributed by atoms with E-state index in [0.29, 0.717) is 43.3 Å². The Hall–Kier alpha value is -2.90. The summed E-state index contributed by atoms with van der Waals surface area (Å²) in [6, 6.07) is 6.47. The third-order valence-corrected chi connectivity index (χ3v) is 4.35. The number of amides is 1. The first-order chi connectivity index (χ1) is 13.4. The fourth-order valence-electron chi connectivity index (χ4n) is 2.95. The van der Waals surface area contributed by atoms with E-state index in [2.05, 4.69) is 15.3 Å². The highest BCUT2D eigenvalue weighted by molar-refractivity contribution is 5.67. The number of likely N-dealkylation sites (tertiary alicyclic amines) is 1. The second-order valence-electron chi connectivity index (χ2n) is 7.09. The van der Waals surface area contributed by atoms with Crippen molar-refractivity contribution in [1.29, 1.82) is 0 Å². The molecular formula is C20H25FN4O3. The Labute approximate surface area is 163 Å². The molecule has 1 aliphatic rings. The molecule has 2 aromatic rings. The Morgan fingerprint density at radius 2 is 2.00 bits per heavy atom. The van der Waals surface area contributed by atoms with Gasteiger partial charge in [0.2, 0.25) is 5.88 Å². The number of benzene rings is 1. The van der Waals surface area contributed by atoms with Crippen LogP contribution in [0.3, 0.4) is 0 Å².